The molecule has 7 heteroatoms. The molecule has 1 fully saturated rings. The van der Waals surface area contributed by atoms with E-state index < -0.39 is 6.03 Å². The van der Waals surface area contributed by atoms with Crippen LogP contribution in [-0.2, 0) is 16.0 Å². The van der Waals surface area contributed by atoms with Gasteiger partial charge in [-0.3, -0.25) is 4.79 Å². The van der Waals surface area contributed by atoms with E-state index in [4.69, 9.17) is 10.5 Å². The average Bonchev–Trinajstić information content (AvgIpc) is 2.78. The van der Waals surface area contributed by atoms with Gasteiger partial charge in [0, 0.05) is 44.5 Å². The smallest absolute Gasteiger partial charge is 0.316 e. The molecule has 7 nitrogen and oxygen atoms in total. The summed E-state index contributed by atoms with van der Waals surface area (Å²) in [5, 5.41) is 2.63. The number of carbonyl (C=O) groups is 2. The Hall–Kier alpha value is -2.90. The molecule has 1 aliphatic heterocycles. The summed E-state index contributed by atoms with van der Waals surface area (Å²) >= 11 is 0. The van der Waals surface area contributed by atoms with Crippen molar-refractivity contribution in [3.05, 3.63) is 60.2 Å². The molecule has 0 radical (unpaired) electrons. The van der Waals surface area contributed by atoms with Gasteiger partial charge in [0.05, 0.1) is 12.1 Å². The van der Waals surface area contributed by atoms with E-state index in [1.165, 1.54) is 0 Å². The number of hydrogen-bond donors (Lipinski definition) is 2. The van der Waals surface area contributed by atoms with E-state index in [2.05, 4.69) is 16.3 Å². The Morgan fingerprint density at radius 3 is 2.47 bits per heavy atom. The first kappa shape index (κ1) is 23.8. The van der Waals surface area contributed by atoms with Crippen LogP contribution in [0.3, 0.4) is 0 Å². The monoisotopic (exact) mass is 438 g/mol. The van der Waals surface area contributed by atoms with Crippen LogP contribution in [0.15, 0.2) is 54.6 Å². The highest BCUT2D eigenvalue weighted by atomic mass is 16.5. The third kappa shape index (κ3) is 6.55. The average molecular weight is 439 g/mol. The van der Waals surface area contributed by atoms with Crippen molar-refractivity contribution in [2.24, 2.45) is 5.73 Å². The Bertz CT molecular complexity index is 895. The number of nitrogens with two attached hydrogens (primary N) is 1. The molecule has 1 heterocycles. The lowest BCUT2D eigenvalue weighted by atomic mass is 9.89. The molecule has 3 rings (SSSR count). The molecule has 1 aliphatic rings. The first-order valence-electron chi connectivity index (χ1n) is 11.3. The topological polar surface area (TPSA) is 87.9 Å². The molecule has 0 unspecified atom stereocenters. The zero-order valence-corrected chi connectivity index (χ0v) is 19.0. The number of ether oxygens (including phenoxy) is 1. The van der Waals surface area contributed by atoms with Crippen molar-refractivity contribution in [2.75, 3.05) is 43.0 Å². The summed E-state index contributed by atoms with van der Waals surface area (Å²) in [5.74, 6) is 0.0298. The largest absolute Gasteiger partial charge is 0.373 e. The normalized spacial score (nSPS) is 15.8. The molecule has 0 spiro atoms. The second-order valence-electron chi connectivity index (χ2n) is 8.34. The van der Waals surface area contributed by atoms with Crippen LogP contribution in [0, 0.1) is 0 Å². The van der Waals surface area contributed by atoms with E-state index in [-0.39, 0.29) is 11.5 Å². The Balaban J connectivity index is 1.59. The first-order valence-corrected chi connectivity index (χ1v) is 11.3. The summed E-state index contributed by atoms with van der Waals surface area (Å²) in [4.78, 5) is 27.8. The Morgan fingerprint density at radius 2 is 1.84 bits per heavy atom. The molecule has 172 valence electrons. The van der Waals surface area contributed by atoms with Crippen molar-refractivity contribution in [1.82, 2.24) is 4.90 Å². The van der Waals surface area contributed by atoms with Crippen LogP contribution in [-0.4, -0.2) is 55.2 Å². The predicted octanol–water partition coefficient (Wildman–Crippen LogP) is 3.64. The number of nitrogens with one attached hydrogen (secondary N) is 1. The van der Waals surface area contributed by atoms with E-state index in [1.807, 2.05) is 60.4 Å². The van der Waals surface area contributed by atoms with Crippen LogP contribution in [0.5, 0.6) is 0 Å². The van der Waals surface area contributed by atoms with Gasteiger partial charge in [0.15, 0.2) is 0 Å². The van der Waals surface area contributed by atoms with Crippen molar-refractivity contribution < 1.29 is 14.3 Å². The van der Waals surface area contributed by atoms with E-state index in [0.717, 1.165) is 50.1 Å². The van der Waals surface area contributed by atoms with Gasteiger partial charge in [0.2, 0.25) is 5.91 Å². The van der Waals surface area contributed by atoms with E-state index in [9.17, 15) is 9.59 Å². The third-order valence-electron chi connectivity index (χ3n) is 6.02. The van der Waals surface area contributed by atoms with Gasteiger partial charge < -0.3 is 25.6 Å². The number of urea groups is 1. The molecule has 0 saturated carbocycles. The molecule has 2 aromatic rings. The second-order valence-corrected chi connectivity index (χ2v) is 8.34. The van der Waals surface area contributed by atoms with Gasteiger partial charge in [-0.25, -0.2) is 4.79 Å². The highest BCUT2D eigenvalue weighted by Crippen LogP contribution is 2.30. The lowest BCUT2D eigenvalue weighted by Gasteiger charge is -2.44. The van der Waals surface area contributed by atoms with Crippen LogP contribution in [0.2, 0.25) is 0 Å². The summed E-state index contributed by atoms with van der Waals surface area (Å²) in [6.45, 7) is 7.58. The minimum absolute atomic E-state index is 0.0298. The lowest BCUT2D eigenvalue weighted by molar-refractivity contribution is -0.119. The van der Waals surface area contributed by atoms with Crippen LogP contribution in [0.4, 0.5) is 16.2 Å². The van der Waals surface area contributed by atoms with E-state index in [0.29, 0.717) is 18.8 Å². The Morgan fingerprint density at radius 1 is 1.12 bits per heavy atom. The van der Waals surface area contributed by atoms with E-state index >= 15 is 0 Å². The number of likely N-dealkylation sites (tertiary alicyclic amines) is 1. The van der Waals surface area contributed by atoms with Crippen LogP contribution in [0.1, 0.15) is 32.3 Å². The molecule has 32 heavy (non-hydrogen) atoms. The molecule has 3 amide bonds. The fraction of sp³-hybridized carbons (Fsp3) is 0.440. The van der Waals surface area contributed by atoms with Gasteiger partial charge in [-0.15, -0.1) is 0 Å². The Labute approximate surface area is 190 Å². The number of anilines is 2. The third-order valence-corrected chi connectivity index (χ3v) is 6.02. The predicted molar refractivity (Wildman–Crippen MR) is 128 cm³/mol. The first-order chi connectivity index (χ1) is 15.4. The number of piperidine rings is 1. The van der Waals surface area contributed by atoms with Crippen molar-refractivity contribution in [1.29, 1.82) is 0 Å². The van der Waals surface area contributed by atoms with Crippen molar-refractivity contribution in [3.63, 3.8) is 0 Å². The zero-order valence-electron chi connectivity index (χ0n) is 19.0. The van der Waals surface area contributed by atoms with Gasteiger partial charge in [-0.05, 0) is 56.0 Å². The van der Waals surface area contributed by atoms with Crippen molar-refractivity contribution in [2.45, 2.75) is 38.7 Å². The summed E-state index contributed by atoms with van der Waals surface area (Å²) in [6.07, 6.45) is 2.64. The number of benzene rings is 2. The lowest BCUT2D eigenvalue weighted by Crippen LogP contribution is -2.53. The molecular weight excluding hydrogens is 404 g/mol. The zero-order chi connectivity index (χ0) is 23.0. The van der Waals surface area contributed by atoms with Crippen molar-refractivity contribution >= 4 is 23.3 Å². The minimum Gasteiger partial charge on any atom is -0.373 e. The second kappa shape index (κ2) is 11.1. The van der Waals surface area contributed by atoms with Crippen LogP contribution < -0.4 is 16.0 Å². The molecule has 3 N–H and O–H groups in total. The maximum absolute atomic E-state index is 12.4. The highest BCUT2D eigenvalue weighted by molar-refractivity contribution is 5.91. The number of carbonyl (C=O) groups excluding carboxylic acids is 2. The van der Waals surface area contributed by atoms with Crippen molar-refractivity contribution in [3.8, 4) is 0 Å². The van der Waals surface area contributed by atoms with Gasteiger partial charge >= 0.3 is 6.03 Å². The SMILES string of the molecule is CCOC1(CN(C(C)=O)c2ccccc2)CCN(CCc2cccc(NC(N)=O)c2)CC1. The maximum Gasteiger partial charge on any atom is 0.316 e. The fourth-order valence-electron chi connectivity index (χ4n) is 4.35. The molecule has 2 aromatic carbocycles. The number of hydrogen-bond acceptors (Lipinski definition) is 4. The Kier molecular flexibility index (Phi) is 8.25. The van der Waals surface area contributed by atoms with Crippen LogP contribution >= 0.6 is 0 Å². The highest BCUT2D eigenvalue weighted by Gasteiger charge is 2.38. The summed E-state index contributed by atoms with van der Waals surface area (Å²) < 4.78 is 6.26. The van der Waals surface area contributed by atoms with Crippen LogP contribution in [0.25, 0.3) is 0 Å². The molecular formula is C25H34N4O3. The van der Waals surface area contributed by atoms with Gasteiger partial charge in [0.1, 0.15) is 0 Å². The molecule has 0 atom stereocenters. The summed E-state index contributed by atoms with van der Waals surface area (Å²) in [7, 11) is 0. The van der Waals surface area contributed by atoms with Gasteiger partial charge in [-0.1, -0.05) is 30.3 Å². The van der Waals surface area contributed by atoms with Gasteiger partial charge in [-0.2, -0.15) is 0 Å². The molecule has 0 bridgehead atoms. The molecule has 1 saturated heterocycles. The number of amides is 3. The molecule has 0 aliphatic carbocycles. The standard InChI is InChI=1S/C25H34N4O3/c1-3-32-25(19-29(20(2)30)23-10-5-4-6-11-23)13-16-28(17-14-25)15-12-21-8-7-9-22(18-21)27-24(26)31/h4-11,18H,3,12-17,19H2,1-2H3,(H3,26,27,31). The number of primary amides is 1. The summed E-state index contributed by atoms with van der Waals surface area (Å²) in [5.41, 5.74) is 7.66. The molecule has 0 aromatic heterocycles. The van der Waals surface area contributed by atoms with Gasteiger partial charge in [0.25, 0.3) is 0 Å². The fourth-order valence-corrected chi connectivity index (χ4v) is 4.35. The number of rotatable bonds is 9. The number of nitrogens with zero attached hydrogens (tertiary/aromatic N) is 2. The number of para-hydroxylation sites is 1. The maximum atomic E-state index is 12.4. The van der Waals surface area contributed by atoms with E-state index in [1.54, 1.807) is 6.92 Å². The quantitative estimate of drug-likeness (QED) is 0.626. The summed E-state index contributed by atoms with van der Waals surface area (Å²) in [6, 6.07) is 17.0. The minimum atomic E-state index is -0.555.